The molecule has 3 heterocycles. The van der Waals surface area contributed by atoms with Crippen molar-refractivity contribution in [3.8, 4) is 0 Å². The van der Waals surface area contributed by atoms with Crippen molar-refractivity contribution >= 4 is 11.6 Å². The second-order valence-electron chi connectivity index (χ2n) is 7.50. The topological polar surface area (TPSA) is 57.8 Å². The average Bonchev–Trinajstić information content (AvgIpc) is 3.14. The minimum atomic E-state index is -0.952. The molecule has 140 valence electrons. The van der Waals surface area contributed by atoms with Crippen LogP contribution in [-0.2, 0) is 10.2 Å². The molecule has 0 saturated carbocycles. The van der Waals surface area contributed by atoms with Crippen molar-refractivity contribution < 1.29 is 9.90 Å². The third-order valence-electron chi connectivity index (χ3n) is 5.78. The van der Waals surface area contributed by atoms with E-state index in [1.807, 2.05) is 18.3 Å². The Balaban J connectivity index is 1.77. The number of aliphatic hydroxyl groups is 1. The summed E-state index contributed by atoms with van der Waals surface area (Å²) < 4.78 is 2.09. The highest BCUT2D eigenvalue weighted by molar-refractivity contribution is 5.80. The van der Waals surface area contributed by atoms with Gasteiger partial charge < -0.3 is 14.4 Å². The van der Waals surface area contributed by atoms with Gasteiger partial charge in [-0.15, -0.1) is 0 Å². The van der Waals surface area contributed by atoms with Crippen molar-refractivity contribution in [2.24, 2.45) is 0 Å². The van der Waals surface area contributed by atoms with Gasteiger partial charge in [0.05, 0.1) is 5.69 Å². The maximum atomic E-state index is 12.2. The summed E-state index contributed by atoms with van der Waals surface area (Å²) in [6, 6.07) is 14.6. The van der Waals surface area contributed by atoms with Gasteiger partial charge in [0.25, 0.3) is 5.91 Å². The number of aromatic nitrogens is 2. The van der Waals surface area contributed by atoms with Crippen LogP contribution in [0.1, 0.15) is 36.6 Å². The number of carbonyl (C=O) groups is 1. The van der Waals surface area contributed by atoms with Crippen LogP contribution in [0.25, 0.3) is 5.65 Å². The fourth-order valence-corrected chi connectivity index (χ4v) is 4.21. The molecule has 2 aromatic heterocycles. The van der Waals surface area contributed by atoms with Gasteiger partial charge >= 0.3 is 0 Å². The lowest BCUT2D eigenvalue weighted by atomic mass is 9.70. The van der Waals surface area contributed by atoms with Crippen molar-refractivity contribution in [3.05, 3.63) is 71.7 Å². The maximum absolute atomic E-state index is 12.2. The largest absolute Gasteiger partial charge is 0.384 e. The summed E-state index contributed by atoms with van der Waals surface area (Å²) in [5.41, 5.74) is 4.18. The Morgan fingerprint density at radius 1 is 1.15 bits per heavy atom. The molecular weight excluding hydrogens is 338 g/mol. The first-order chi connectivity index (χ1) is 13.0. The van der Waals surface area contributed by atoms with Gasteiger partial charge in [0.15, 0.2) is 0 Å². The van der Waals surface area contributed by atoms with E-state index in [9.17, 15) is 9.90 Å². The molecular formula is C22H25N3O2. The molecule has 0 aliphatic carbocycles. The van der Waals surface area contributed by atoms with Crippen LogP contribution < -0.4 is 0 Å². The highest BCUT2D eigenvalue weighted by Gasteiger charge is 2.41. The van der Waals surface area contributed by atoms with Gasteiger partial charge in [-0.2, -0.15) is 0 Å². The minimum Gasteiger partial charge on any atom is -0.384 e. The van der Waals surface area contributed by atoms with Gasteiger partial charge in [0.2, 0.25) is 0 Å². The quantitative estimate of drug-likeness (QED) is 0.778. The van der Waals surface area contributed by atoms with Crippen LogP contribution in [0, 0.1) is 6.92 Å². The van der Waals surface area contributed by atoms with Gasteiger partial charge in [-0.25, -0.2) is 4.98 Å². The number of rotatable bonds is 3. The van der Waals surface area contributed by atoms with Crippen LogP contribution in [-0.4, -0.2) is 44.5 Å². The van der Waals surface area contributed by atoms with Crippen LogP contribution in [0.5, 0.6) is 0 Å². The number of carbonyl (C=O) groups excluding carboxylic acids is 1. The van der Waals surface area contributed by atoms with Gasteiger partial charge in [-0.1, -0.05) is 36.4 Å². The molecule has 0 spiro atoms. The molecule has 1 amide bonds. The van der Waals surface area contributed by atoms with Crippen molar-refractivity contribution in [2.45, 2.75) is 38.2 Å². The molecule has 1 fully saturated rings. The molecule has 5 heteroatoms. The fourth-order valence-electron chi connectivity index (χ4n) is 4.21. The van der Waals surface area contributed by atoms with Crippen molar-refractivity contribution in [2.75, 3.05) is 13.1 Å². The zero-order valence-corrected chi connectivity index (χ0v) is 15.8. The SMILES string of the molecule is Cc1cccn2cc(C3(c4ccccc4)CCN(C(=O)[C@@H](C)O)CC3)nc12. The van der Waals surface area contributed by atoms with Gasteiger partial charge in [0.1, 0.15) is 11.8 Å². The molecule has 0 radical (unpaired) electrons. The predicted molar refractivity (Wildman–Crippen MR) is 105 cm³/mol. The highest BCUT2D eigenvalue weighted by Crippen LogP contribution is 2.41. The molecule has 5 nitrogen and oxygen atoms in total. The van der Waals surface area contributed by atoms with E-state index >= 15 is 0 Å². The number of nitrogens with zero attached hydrogens (tertiary/aromatic N) is 3. The van der Waals surface area contributed by atoms with E-state index in [1.54, 1.807) is 4.90 Å². The summed E-state index contributed by atoms with van der Waals surface area (Å²) in [5, 5.41) is 9.66. The Hall–Kier alpha value is -2.66. The van der Waals surface area contributed by atoms with Crippen molar-refractivity contribution in [1.82, 2.24) is 14.3 Å². The fraction of sp³-hybridized carbons (Fsp3) is 0.364. The zero-order chi connectivity index (χ0) is 19.0. The Labute approximate surface area is 159 Å². The highest BCUT2D eigenvalue weighted by atomic mass is 16.3. The minimum absolute atomic E-state index is 0.192. The summed E-state index contributed by atoms with van der Waals surface area (Å²) in [6.45, 7) is 4.84. The van der Waals surface area contributed by atoms with Crippen LogP contribution >= 0.6 is 0 Å². The molecule has 1 aliphatic rings. The van der Waals surface area contributed by atoms with Gasteiger partial charge in [-0.05, 0) is 43.9 Å². The molecule has 0 bridgehead atoms. The molecule has 4 rings (SSSR count). The van der Waals surface area contributed by atoms with Crippen LogP contribution in [0.3, 0.4) is 0 Å². The number of benzene rings is 1. The average molecular weight is 363 g/mol. The first-order valence-electron chi connectivity index (χ1n) is 9.48. The zero-order valence-electron chi connectivity index (χ0n) is 15.8. The smallest absolute Gasteiger partial charge is 0.251 e. The number of hydrogen-bond donors (Lipinski definition) is 1. The number of pyridine rings is 1. The van der Waals surface area contributed by atoms with E-state index in [0.717, 1.165) is 29.7 Å². The summed E-state index contributed by atoms with van der Waals surface area (Å²) >= 11 is 0. The normalized spacial score (nSPS) is 17.8. The molecule has 27 heavy (non-hydrogen) atoms. The van der Waals surface area contributed by atoms with E-state index < -0.39 is 6.10 Å². The summed E-state index contributed by atoms with van der Waals surface area (Å²) in [6.07, 6.45) is 4.79. The number of hydrogen-bond acceptors (Lipinski definition) is 3. The summed E-state index contributed by atoms with van der Waals surface area (Å²) in [7, 11) is 0. The lowest BCUT2D eigenvalue weighted by Crippen LogP contribution is -2.48. The molecule has 1 N–H and O–H groups in total. The molecule has 3 aromatic rings. The third kappa shape index (κ3) is 3.02. The monoisotopic (exact) mass is 363 g/mol. The first-order valence-corrected chi connectivity index (χ1v) is 9.48. The lowest BCUT2D eigenvalue weighted by Gasteiger charge is -2.41. The lowest BCUT2D eigenvalue weighted by molar-refractivity contribution is -0.140. The summed E-state index contributed by atoms with van der Waals surface area (Å²) in [4.78, 5) is 19.0. The number of aliphatic hydroxyl groups excluding tert-OH is 1. The second kappa shape index (κ2) is 6.82. The number of piperidine rings is 1. The Bertz CT molecular complexity index is 954. The standard InChI is InChI=1S/C22H25N3O2/c1-16-7-6-12-25-15-19(23-20(16)25)22(18-8-4-3-5-9-18)10-13-24(14-11-22)21(27)17(2)26/h3-9,12,15,17,26H,10-11,13-14H2,1-2H3/t17-/m1/s1. The maximum Gasteiger partial charge on any atom is 0.251 e. The second-order valence-corrected chi connectivity index (χ2v) is 7.50. The number of amides is 1. The number of likely N-dealkylation sites (tertiary alicyclic amines) is 1. The molecule has 0 unspecified atom stereocenters. The Kier molecular flexibility index (Phi) is 4.48. The van der Waals surface area contributed by atoms with E-state index in [1.165, 1.54) is 12.5 Å². The van der Waals surface area contributed by atoms with Crippen LogP contribution in [0.15, 0.2) is 54.9 Å². The Morgan fingerprint density at radius 2 is 1.85 bits per heavy atom. The van der Waals surface area contributed by atoms with Gasteiger partial charge in [-0.3, -0.25) is 4.79 Å². The van der Waals surface area contributed by atoms with Crippen molar-refractivity contribution in [1.29, 1.82) is 0 Å². The van der Waals surface area contributed by atoms with Crippen molar-refractivity contribution in [3.63, 3.8) is 0 Å². The Morgan fingerprint density at radius 3 is 2.48 bits per heavy atom. The van der Waals surface area contributed by atoms with E-state index in [0.29, 0.717) is 13.1 Å². The molecule has 1 aliphatic heterocycles. The van der Waals surface area contributed by atoms with E-state index in [4.69, 9.17) is 4.98 Å². The molecule has 1 atom stereocenters. The van der Waals surface area contributed by atoms with Crippen LogP contribution in [0.2, 0.25) is 0 Å². The van der Waals surface area contributed by atoms with E-state index in [2.05, 4.69) is 47.9 Å². The third-order valence-corrected chi connectivity index (χ3v) is 5.78. The predicted octanol–water partition coefficient (Wildman–Crippen LogP) is 2.93. The molecule has 1 aromatic carbocycles. The molecule has 1 saturated heterocycles. The van der Waals surface area contributed by atoms with E-state index in [-0.39, 0.29) is 11.3 Å². The van der Waals surface area contributed by atoms with Crippen LogP contribution in [0.4, 0.5) is 0 Å². The first kappa shape index (κ1) is 17.7. The number of aryl methyl sites for hydroxylation is 1. The van der Waals surface area contributed by atoms with Gasteiger partial charge in [0, 0.05) is 30.9 Å². The number of fused-ring (bicyclic) bond motifs is 1. The summed E-state index contributed by atoms with van der Waals surface area (Å²) in [5.74, 6) is -0.192. The number of imidazole rings is 1.